The minimum Gasteiger partial charge on any atom is -0.371 e. The smallest absolute Gasteiger partial charge is 0.129 e. The van der Waals surface area contributed by atoms with Gasteiger partial charge < -0.3 is 10.2 Å². The monoisotopic (exact) mass is 318 g/mol. The summed E-state index contributed by atoms with van der Waals surface area (Å²) in [5, 5.41) is 4.06. The van der Waals surface area contributed by atoms with E-state index in [1.54, 1.807) is 12.1 Å². The van der Waals surface area contributed by atoms with Gasteiger partial charge in [0.25, 0.3) is 0 Å². The lowest BCUT2D eigenvalue weighted by atomic mass is 10.1. The van der Waals surface area contributed by atoms with E-state index in [0.29, 0.717) is 13.1 Å². The van der Waals surface area contributed by atoms with Gasteiger partial charge in [0.2, 0.25) is 0 Å². The lowest BCUT2D eigenvalue weighted by Gasteiger charge is -2.22. The number of hydrogen-bond donors (Lipinski definition) is 1. The van der Waals surface area contributed by atoms with Crippen LogP contribution >= 0.6 is 11.6 Å². The molecule has 1 fully saturated rings. The van der Waals surface area contributed by atoms with Gasteiger partial charge in [0.15, 0.2) is 0 Å². The molecule has 1 aliphatic rings. The summed E-state index contributed by atoms with van der Waals surface area (Å²) in [7, 11) is 0. The zero-order valence-corrected chi connectivity index (χ0v) is 13.2. The first-order valence-corrected chi connectivity index (χ1v) is 8.09. The summed E-state index contributed by atoms with van der Waals surface area (Å²) in [6, 6.07) is 13.1. The van der Waals surface area contributed by atoms with E-state index >= 15 is 0 Å². The molecule has 4 heteroatoms. The molecule has 0 amide bonds. The number of benzene rings is 2. The van der Waals surface area contributed by atoms with Crippen molar-refractivity contribution in [2.75, 3.05) is 18.0 Å². The number of rotatable bonds is 5. The number of hydrogen-bond acceptors (Lipinski definition) is 2. The second kappa shape index (κ2) is 7.12. The summed E-state index contributed by atoms with van der Waals surface area (Å²) in [6.45, 7) is 3.27. The molecule has 116 valence electrons. The quantitative estimate of drug-likeness (QED) is 0.880. The van der Waals surface area contributed by atoms with E-state index in [9.17, 15) is 4.39 Å². The summed E-state index contributed by atoms with van der Waals surface area (Å²) in [6.07, 6.45) is 2.38. The fourth-order valence-electron chi connectivity index (χ4n) is 2.91. The van der Waals surface area contributed by atoms with E-state index in [1.165, 1.54) is 12.8 Å². The van der Waals surface area contributed by atoms with Gasteiger partial charge in [-0.05, 0) is 42.7 Å². The Morgan fingerprint density at radius 2 is 1.73 bits per heavy atom. The van der Waals surface area contributed by atoms with Crippen LogP contribution in [0.4, 0.5) is 10.1 Å². The van der Waals surface area contributed by atoms with Crippen molar-refractivity contribution in [1.82, 2.24) is 5.32 Å². The molecule has 0 spiro atoms. The SMILES string of the molecule is Fc1cccc(N2CCCC2)c1CNCc1ccc(Cl)cc1. The highest BCUT2D eigenvalue weighted by Crippen LogP contribution is 2.26. The molecule has 0 aromatic heterocycles. The lowest BCUT2D eigenvalue weighted by molar-refractivity contribution is 0.587. The maximum absolute atomic E-state index is 14.2. The number of anilines is 1. The molecule has 0 atom stereocenters. The topological polar surface area (TPSA) is 15.3 Å². The second-order valence-corrected chi connectivity index (χ2v) is 6.10. The van der Waals surface area contributed by atoms with Gasteiger partial charge in [0, 0.05) is 42.5 Å². The van der Waals surface area contributed by atoms with Crippen LogP contribution in [0.15, 0.2) is 42.5 Å². The molecule has 1 N–H and O–H groups in total. The maximum atomic E-state index is 14.2. The van der Waals surface area contributed by atoms with Gasteiger partial charge in [-0.15, -0.1) is 0 Å². The van der Waals surface area contributed by atoms with Gasteiger partial charge in [-0.25, -0.2) is 4.39 Å². The average molecular weight is 319 g/mol. The van der Waals surface area contributed by atoms with Gasteiger partial charge in [-0.1, -0.05) is 29.8 Å². The third-order valence-electron chi connectivity index (χ3n) is 4.09. The number of nitrogens with one attached hydrogen (secondary N) is 1. The van der Waals surface area contributed by atoms with Crippen LogP contribution in [0.2, 0.25) is 5.02 Å². The molecular weight excluding hydrogens is 299 g/mol. The fraction of sp³-hybridized carbons (Fsp3) is 0.333. The van der Waals surface area contributed by atoms with Crippen LogP contribution in [-0.4, -0.2) is 13.1 Å². The van der Waals surface area contributed by atoms with Crippen molar-refractivity contribution in [2.24, 2.45) is 0 Å². The zero-order chi connectivity index (χ0) is 15.4. The third-order valence-corrected chi connectivity index (χ3v) is 4.34. The highest BCUT2D eigenvalue weighted by molar-refractivity contribution is 6.30. The van der Waals surface area contributed by atoms with Gasteiger partial charge in [0.1, 0.15) is 5.82 Å². The van der Waals surface area contributed by atoms with E-state index in [4.69, 9.17) is 11.6 Å². The Bertz CT molecular complexity index is 621. The first kappa shape index (κ1) is 15.3. The minimum atomic E-state index is -0.131. The van der Waals surface area contributed by atoms with Crippen molar-refractivity contribution in [3.63, 3.8) is 0 Å². The summed E-state index contributed by atoms with van der Waals surface area (Å²) in [5.41, 5.74) is 2.93. The zero-order valence-electron chi connectivity index (χ0n) is 12.5. The van der Waals surface area contributed by atoms with Crippen molar-refractivity contribution in [3.05, 3.63) is 64.4 Å². The predicted molar refractivity (Wildman–Crippen MR) is 89.8 cm³/mol. The number of halogens is 2. The molecule has 0 aliphatic carbocycles. The van der Waals surface area contributed by atoms with E-state index in [2.05, 4.69) is 10.2 Å². The van der Waals surface area contributed by atoms with Crippen LogP contribution in [0, 0.1) is 5.82 Å². The van der Waals surface area contributed by atoms with Crippen LogP contribution in [0.1, 0.15) is 24.0 Å². The summed E-state index contributed by atoms with van der Waals surface area (Å²) < 4.78 is 14.2. The molecule has 1 heterocycles. The third kappa shape index (κ3) is 3.60. The van der Waals surface area contributed by atoms with Gasteiger partial charge in [0.05, 0.1) is 0 Å². The molecule has 1 aliphatic heterocycles. The van der Waals surface area contributed by atoms with Crippen molar-refractivity contribution in [1.29, 1.82) is 0 Å². The largest absolute Gasteiger partial charge is 0.371 e. The lowest BCUT2D eigenvalue weighted by Crippen LogP contribution is -2.22. The molecule has 22 heavy (non-hydrogen) atoms. The molecular formula is C18H20ClFN2. The second-order valence-electron chi connectivity index (χ2n) is 5.66. The standard InChI is InChI=1S/C18H20ClFN2/c19-15-8-6-14(7-9-15)12-21-13-16-17(20)4-3-5-18(16)22-10-1-2-11-22/h3-9,21H,1-2,10-13H2. The maximum Gasteiger partial charge on any atom is 0.129 e. The molecule has 0 saturated carbocycles. The van der Waals surface area contributed by atoms with E-state index in [0.717, 1.165) is 34.9 Å². The summed E-state index contributed by atoms with van der Waals surface area (Å²) in [5.74, 6) is -0.131. The fourth-order valence-corrected chi connectivity index (χ4v) is 3.04. The Morgan fingerprint density at radius 1 is 1.00 bits per heavy atom. The molecule has 0 unspecified atom stereocenters. The van der Waals surface area contributed by atoms with E-state index in [1.807, 2.05) is 30.3 Å². The van der Waals surface area contributed by atoms with Crippen LogP contribution in [0.5, 0.6) is 0 Å². The molecule has 1 saturated heterocycles. The van der Waals surface area contributed by atoms with Crippen LogP contribution in [0.25, 0.3) is 0 Å². The summed E-state index contributed by atoms with van der Waals surface area (Å²) in [4.78, 5) is 2.28. The minimum absolute atomic E-state index is 0.131. The van der Waals surface area contributed by atoms with Crippen molar-refractivity contribution >= 4 is 17.3 Å². The van der Waals surface area contributed by atoms with Gasteiger partial charge >= 0.3 is 0 Å². The molecule has 0 radical (unpaired) electrons. The van der Waals surface area contributed by atoms with Crippen LogP contribution < -0.4 is 10.2 Å². The molecule has 2 nitrogen and oxygen atoms in total. The first-order valence-electron chi connectivity index (χ1n) is 7.71. The Kier molecular flexibility index (Phi) is 4.96. The van der Waals surface area contributed by atoms with Crippen molar-refractivity contribution in [3.8, 4) is 0 Å². The van der Waals surface area contributed by atoms with Gasteiger partial charge in [-0.2, -0.15) is 0 Å². The predicted octanol–water partition coefficient (Wildman–Crippen LogP) is 4.37. The Balaban J connectivity index is 1.67. The van der Waals surface area contributed by atoms with Crippen LogP contribution in [-0.2, 0) is 13.1 Å². The Morgan fingerprint density at radius 3 is 2.45 bits per heavy atom. The summed E-state index contributed by atoms with van der Waals surface area (Å²) >= 11 is 5.88. The highest BCUT2D eigenvalue weighted by Gasteiger charge is 2.17. The normalized spacial score (nSPS) is 14.5. The highest BCUT2D eigenvalue weighted by atomic mass is 35.5. The Labute approximate surface area is 135 Å². The van der Waals surface area contributed by atoms with Crippen LogP contribution in [0.3, 0.4) is 0 Å². The molecule has 2 aromatic rings. The Hall–Kier alpha value is -1.58. The van der Waals surface area contributed by atoms with E-state index < -0.39 is 0 Å². The van der Waals surface area contributed by atoms with E-state index in [-0.39, 0.29) is 5.82 Å². The molecule has 2 aromatic carbocycles. The molecule has 0 bridgehead atoms. The number of nitrogens with zero attached hydrogens (tertiary/aromatic N) is 1. The van der Waals surface area contributed by atoms with Crippen molar-refractivity contribution < 1.29 is 4.39 Å². The first-order chi connectivity index (χ1) is 10.7. The van der Waals surface area contributed by atoms with Gasteiger partial charge in [-0.3, -0.25) is 0 Å². The molecule has 3 rings (SSSR count). The van der Waals surface area contributed by atoms with Crippen molar-refractivity contribution in [2.45, 2.75) is 25.9 Å². The average Bonchev–Trinajstić information content (AvgIpc) is 3.05.